The molecular weight excluding hydrogens is 406 g/mol. The van der Waals surface area contributed by atoms with E-state index in [-0.39, 0.29) is 0 Å². The Bertz CT molecular complexity index is 1040. The van der Waals surface area contributed by atoms with Crippen molar-refractivity contribution >= 4 is 17.2 Å². The van der Waals surface area contributed by atoms with Crippen molar-refractivity contribution in [1.82, 2.24) is 24.4 Å². The predicted molar refractivity (Wildman–Crippen MR) is 125 cm³/mol. The molecule has 6 heteroatoms. The lowest BCUT2D eigenvalue weighted by molar-refractivity contribution is 0.197. The maximum absolute atomic E-state index is 6.05. The average molecular weight is 438 g/mol. The first kappa shape index (κ1) is 20.9. The van der Waals surface area contributed by atoms with E-state index >= 15 is 0 Å². The van der Waals surface area contributed by atoms with Crippen LogP contribution in [0.25, 0.3) is 5.65 Å². The fourth-order valence-corrected chi connectivity index (χ4v) is 5.10. The number of rotatable bonds is 7. The molecule has 1 aromatic carbocycles. The number of aryl methyl sites for hydroxylation is 1. The van der Waals surface area contributed by atoms with E-state index < -0.39 is 0 Å². The summed E-state index contributed by atoms with van der Waals surface area (Å²) in [5, 5.41) is 5.75. The molecule has 1 aliphatic carbocycles. The van der Waals surface area contributed by atoms with Crippen LogP contribution in [-0.4, -0.2) is 51.1 Å². The fraction of sp³-hybridized carbons (Fsp3) is 0.520. The lowest BCUT2D eigenvalue weighted by Gasteiger charge is -2.33. The van der Waals surface area contributed by atoms with Crippen LogP contribution in [0.2, 0.25) is 5.02 Å². The Balaban J connectivity index is 1.35. The van der Waals surface area contributed by atoms with Crippen molar-refractivity contribution in [2.75, 3.05) is 26.7 Å². The van der Waals surface area contributed by atoms with Crippen LogP contribution >= 0.6 is 11.6 Å². The van der Waals surface area contributed by atoms with Gasteiger partial charge in [0, 0.05) is 48.9 Å². The number of hydrogen-bond donors (Lipinski definition) is 0. The van der Waals surface area contributed by atoms with Gasteiger partial charge in [-0.15, -0.1) is 0 Å². The number of likely N-dealkylation sites (tertiary alicyclic amines) is 1. The first-order chi connectivity index (χ1) is 15.1. The van der Waals surface area contributed by atoms with Crippen LogP contribution in [0, 0.1) is 12.8 Å². The van der Waals surface area contributed by atoms with Crippen molar-refractivity contribution in [2.24, 2.45) is 5.92 Å². The first-order valence-corrected chi connectivity index (χ1v) is 11.9. The second-order valence-electron chi connectivity index (χ2n) is 9.51. The van der Waals surface area contributed by atoms with Gasteiger partial charge >= 0.3 is 0 Å². The van der Waals surface area contributed by atoms with Crippen LogP contribution in [-0.2, 0) is 13.1 Å². The van der Waals surface area contributed by atoms with Crippen molar-refractivity contribution in [3.8, 4) is 0 Å². The Kier molecular flexibility index (Phi) is 6.00. The summed E-state index contributed by atoms with van der Waals surface area (Å²) in [6.45, 7) is 7.40. The van der Waals surface area contributed by atoms with E-state index in [1.165, 1.54) is 49.0 Å². The van der Waals surface area contributed by atoms with Crippen LogP contribution in [0.15, 0.2) is 36.5 Å². The smallest absolute Gasteiger partial charge is 0.160 e. The number of aromatic nitrogens is 3. The van der Waals surface area contributed by atoms with Gasteiger partial charge in [-0.05, 0) is 75.9 Å². The average Bonchev–Trinajstić information content (AvgIpc) is 3.52. The van der Waals surface area contributed by atoms with Crippen LogP contribution in [0.4, 0.5) is 0 Å². The highest BCUT2D eigenvalue weighted by atomic mass is 35.5. The van der Waals surface area contributed by atoms with E-state index in [9.17, 15) is 0 Å². The number of piperidine rings is 1. The van der Waals surface area contributed by atoms with E-state index in [0.717, 1.165) is 48.5 Å². The highest BCUT2D eigenvalue weighted by molar-refractivity contribution is 6.30. The zero-order chi connectivity index (χ0) is 21.4. The van der Waals surface area contributed by atoms with E-state index in [4.69, 9.17) is 21.7 Å². The zero-order valence-electron chi connectivity index (χ0n) is 18.6. The monoisotopic (exact) mass is 437 g/mol. The molecule has 3 aromatic rings. The first-order valence-electron chi connectivity index (χ1n) is 11.6. The highest BCUT2D eigenvalue weighted by Gasteiger charge is 2.26. The Morgan fingerprint density at radius 2 is 1.94 bits per heavy atom. The SMILES string of the molecule is Cc1nn2c(C3CCCN(Cc4ccc(Cl)cc4)C3)ccnc2c1CN(C)CC1CC1. The molecule has 0 amide bonds. The van der Waals surface area contributed by atoms with Gasteiger partial charge < -0.3 is 4.90 Å². The molecular formula is C25H32ClN5. The third-order valence-electron chi connectivity index (χ3n) is 6.78. The van der Waals surface area contributed by atoms with Gasteiger partial charge in [0.25, 0.3) is 0 Å². The summed E-state index contributed by atoms with van der Waals surface area (Å²) in [6, 6.07) is 10.4. The molecule has 0 bridgehead atoms. The van der Waals surface area contributed by atoms with Gasteiger partial charge in [0.05, 0.1) is 11.4 Å². The van der Waals surface area contributed by atoms with E-state index in [1.807, 2.05) is 18.3 Å². The molecule has 1 saturated carbocycles. The number of hydrogen-bond acceptors (Lipinski definition) is 4. The standard InChI is InChI=1S/C25H32ClN5/c1-18-23(17-29(2)14-19-5-6-19)25-27-12-11-24(31(25)28-18)21-4-3-13-30(16-21)15-20-7-9-22(26)10-8-20/h7-12,19,21H,3-6,13-17H2,1-2H3. The topological polar surface area (TPSA) is 36.7 Å². The summed E-state index contributed by atoms with van der Waals surface area (Å²) in [7, 11) is 2.22. The Hall–Kier alpha value is -1.95. The molecule has 1 aliphatic heterocycles. The molecule has 31 heavy (non-hydrogen) atoms. The molecule has 1 saturated heterocycles. The molecule has 1 atom stereocenters. The lowest BCUT2D eigenvalue weighted by atomic mass is 9.94. The van der Waals surface area contributed by atoms with Crippen LogP contribution in [0.5, 0.6) is 0 Å². The number of halogens is 1. The second kappa shape index (κ2) is 8.89. The van der Waals surface area contributed by atoms with E-state index in [0.29, 0.717) is 5.92 Å². The van der Waals surface area contributed by atoms with E-state index in [1.54, 1.807) is 0 Å². The van der Waals surface area contributed by atoms with Crippen LogP contribution in [0.3, 0.4) is 0 Å². The summed E-state index contributed by atoms with van der Waals surface area (Å²) in [6.07, 6.45) is 7.16. The third kappa shape index (κ3) is 4.79. The minimum atomic E-state index is 0.475. The molecule has 5 rings (SSSR count). The molecule has 5 nitrogen and oxygen atoms in total. The maximum atomic E-state index is 6.05. The van der Waals surface area contributed by atoms with Gasteiger partial charge in [0.2, 0.25) is 0 Å². The summed E-state index contributed by atoms with van der Waals surface area (Å²) in [5.41, 5.74) is 6.04. The molecule has 3 heterocycles. The molecule has 1 unspecified atom stereocenters. The molecule has 164 valence electrons. The van der Waals surface area contributed by atoms with Gasteiger partial charge in [-0.2, -0.15) is 5.10 Å². The Morgan fingerprint density at radius 3 is 2.71 bits per heavy atom. The molecule has 2 aromatic heterocycles. The molecule has 0 spiro atoms. The van der Waals surface area contributed by atoms with Gasteiger partial charge in [-0.3, -0.25) is 4.90 Å². The number of fused-ring (bicyclic) bond motifs is 1. The van der Waals surface area contributed by atoms with Gasteiger partial charge in [-0.1, -0.05) is 23.7 Å². The summed E-state index contributed by atoms with van der Waals surface area (Å²) in [5.74, 6) is 1.37. The van der Waals surface area contributed by atoms with E-state index in [2.05, 4.69) is 46.5 Å². The minimum absolute atomic E-state index is 0.475. The van der Waals surface area contributed by atoms with Crippen molar-refractivity contribution < 1.29 is 0 Å². The van der Waals surface area contributed by atoms with Crippen molar-refractivity contribution in [1.29, 1.82) is 0 Å². The molecule has 0 N–H and O–H groups in total. The van der Waals surface area contributed by atoms with Crippen molar-refractivity contribution in [2.45, 2.75) is 51.6 Å². The second-order valence-corrected chi connectivity index (χ2v) is 9.95. The number of benzene rings is 1. The summed E-state index contributed by atoms with van der Waals surface area (Å²) in [4.78, 5) is 9.74. The van der Waals surface area contributed by atoms with Crippen LogP contribution in [0.1, 0.15) is 54.1 Å². The highest BCUT2D eigenvalue weighted by Crippen LogP contribution is 2.31. The van der Waals surface area contributed by atoms with Gasteiger partial charge in [0.15, 0.2) is 5.65 Å². The third-order valence-corrected chi connectivity index (χ3v) is 7.03. The van der Waals surface area contributed by atoms with Crippen molar-refractivity contribution in [3.63, 3.8) is 0 Å². The largest absolute Gasteiger partial charge is 0.302 e. The normalized spacial score (nSPS) is 20.1. The fourth-order valence-electron chi connectivity index (χ4n) is 4.97. The molecule has 2 aliphatic rings. The Labute approximate surface area is 190 Å². The molecule has 2 fully saturated rings. The van der Waals surface area contributed by atoms with Crippen molar-refractivity contribution in [3.05, 3.63) is 64.1 Å². The Morgan fingerprint density at radius 1 is 1.13 bits per heavy atom. The zero-order valence-corrected chi connectivity index (χ0v) is 19.4. The van der Waals surface area contributed by atoms with Gasteiger partial charge in [0.1, 0.15) is 0 Å². The summed E-state index contributed by atoms with van der Waals surface area (Å²) < 4.78 is 2.13. The quantitative estimate of drug-likeness (QED) is 0.526. The predicted octanol–water partition coefficient (Wildman–Crippen LogP) is 4.91. The minimum Gasteiger partial charge on any atom is -0.302 e. The van der Waals surface area contributed by atoms with Gasteiger partial charge in [-0.25, -0.2) is 9.50 Å². The molecule has 0 radical (unpaired) electrons. The summed E-state index contributed by atoms with van der Waals surface area (Å²) >= 11 is 6.05. The van der Waals surface area contributed by atoms with Crippen LogP contribution < -0.4 is 0 Å². The maximum Gasteiger partial charge on any atom is 0.160 e. The lowest BCUT2D eigenvalue weighted by Crippen LogP contribution is -2.34. The number of nitrogens with zero attached hydrogens (tertiary/aromatic N) is 5.